The second kappa shape index (κ2) is 9.00. The summed E-state index contributed by atoms with van der Waals surface area (Å²) in [6.07, 6.45) is 4.59. The second-order valence-electron chi connectivity index (χ2n) is 7.59. The Balaban J connectivity index is 1.96. The van der Waals surface area contributed by atoms with E-state index in [0.29, 0.717) is 5.02 Å². The molecule has 3 heterocycles. The summed E-state index contributed by atoms with van der Waals surface area (Å²) in [6.45, 7) is 2.96. The molecule has 2 unspecified atom stereocenters. The number of benzene rings is 1. The average Bonchev–Trinajstić information content (AvgIpc) is 3.06. The predicted molar refractivity (Wildman–Crippen MR) is 120 cm³/mol. The zero-order valence-electron chi connectivity index (χ0n) is 17.1. The summed E-state index contributed by atoms with van der Waals surface area (Å²) < 4.78 is 8.01. The first-order valence-electron chi connectivity index (χ1n) is 10.2. The number of ether oxygens (including phenoxy) is 1. The minimum atomic E-state index is -0.766. The molecule has 1 aliphatic heterocycles. The number of pyridine rings is 1. The largest absolute Gasteiger partial charge is 0.481 e. The van der Waals surface area contributed by atoms with Crippen molar-refractivity contribution in [2.24, 2.45) is 0 Å². The predicted octanol–water partition coefficient (Wildman–Crippen LogP) is 6.29. The van der Waals surface area contributed by atoms with E-state index in [1.54, 1.807) is 18.9 Å². The number of halogens is 1. The van der Waals surface area contributed by atoms with Crippen LogP contribution in [0.25, 0.3) is 11.0 Å². The van der Waals surface area contributed by atoms with E-state index in [9.17, 15) is 9.90 Å². The first kappa shape index (κ1) is 21.2. The van der Waals surface area contributed by atoms with Crippen LogP contribution in [0.4, 0.5) is 0 Å². The molecule has 0 saturated carbocycles. The van der Waals surface area contributed by atoms with Crippen molar-refractivity contribution in [3.8, 4) is 0 Å². The Hall–Kier alpha value is -2.02. The topological polar surface area (TPSA) is 64.4 Å². The lowest BCUT2D eigenvalue weighted by Gasteiger charge is -2.25. The smallest absolute Gasteiger partial charge is 0.304 e. The van der Waals surface area contributed by atoms with Gasteiger partial charge in [0, 0.05) is 51.7 Å². The highest BCUT2D eigenvalue weighted by Gasteiger charge is 2.32. The van der Waals surface area contributed by atoms with Crippen LogP contribution in [0.1, 0.15) is 55.9 Å². The van der Waals surface area contributed by atoms with E-state index in [4.69, 9.17) is 21.3 Å². The monoisotopic (exact) mass is 444 g/mol. The SMILES string of the molecule is CCC(OC)c1ccnc2c1c(Sc1ccc(Cl)cc1)c1n2CCCC1CC(=O)O. The van der Waals surface area contributed by atoms with Crippen molar-refractivity contribution in [3.05, 3.63) is 52.8 Å². The summed E-state index contributed by atoms with van der Waals surface area (Å²) in [5.41, 5.74) is 3.12. The van der Waals surface area contributed by atoms with E-state index < -0.39 is 5.97 Å². The fourth-order valence-corrected chi connectivity index (χ4v) is 5.77. The maximum Gasteiger partial charge on any atom is 0.304 e. The van der Waals surface area contributed by atoms with Crippen molar-refractivity contribution >= 4 is 40.4 Å². The number of carbonyl (C=O) groups is 1. The highest BCUT2D eigenvalue weighted by atomic mass is 35.5. The lowest BCUT2D eigenvalue weighted by molar-refractivity contribution is -0.137. The molecule has 1 aliphatic rings. The molecule has 0 saturated heterocycles. The van der Waals surface area contributed by atoms with E-state index >= 15 is 0 Å². The Morgan fingerprint density at radius 1 is 1.37 bits per heavy atom. The molecule has 3 aromatic rings. The van der Waals surface area contributed by atoms with Gasteiger partial charge >= 0.3 is 5.97 Å². The first-order valence-corrected chi connectivity index (χ1v) is 11.4. The number of aliphatic carboxylic acids is 1. The molecule has 1 aromatic carbocycles. The number of hydrogen-bond acceptors (Lipinski definition) is 4. The van der Waals surface area contributed by atoms with Gasteiger partial charge in [-0.05, 0) is 55.2 Å². The molecular weight excluding hydrogens is 420 g/mol. The normalized spacial score (nSPS) is 17.1. The van der Waals surface area contributed by atoms with E-state index in [1.807, 2.05) is 36.5 Å². The maximum absolute atomic E-state index is 11.6. The summed E-state index contributed by atoms with van der Waals surface area (Å²) in [4.78, 5) is 18.5. The third-order valence-corrected chi connectivity index (χ3v) is 7.12. The van der Waals surface area contributed by atoms with E-state index in [-0.39, 0.29) is 18.4 Å². The van der Waals surface area contributed by atoms with Gasteiger partial charge in [0.1, 0.15) is 5.65 Å². The molecule has 0 aliphatic carbocycles. The lowest BCUT2D eigenvalue weighted by Crippen LogP contribution is -2.18. The third kappa shape index (κ3) is 3.96. The molecule has 2 atom stereocenters. The number of aryl methyl sites for hydroxylation is 1. The second-order valence-corrected chi connectivity index (χ2v) is 9.11. The van der Waals surface area contributed by atoms with Crippen LogP contribution in [0, 0.1) is 0 Å². The fourth-order valence-electron chi connectivity index (χ4n) is 4.45. The van der Waals surface area contributed by atoms with Crippen LogP contribution in [0.15, 0.2) is 46.3 Å². The fraction of sp³-hybridized carbons (Fsp3) is 0.391. The van der Waals surface area contributed by atoms with Gasteiger partial charge in [-0.2, -0.15) is 0 Å². The first-order chi connectivity index (χ1) is 14.5. The zero-order valence-corrected chi connectivity index (χ0v) is 18.7. The quantitative estimate of drug-likeness (QED) is 0.463. The average molecular weight is 445 g/mol. The third-order valence-electron chi connectivity index (χ3n) is 5.75. The molecule has 2 aromatic heterocycles. The number of nitrogens with zero attached hydrogens (tertiary/aromatic N) is 2. The summed E-state index contributed by atoms with van der Waals surface area (Å²) in [5.74, 6) is -0.798. The van der Waals surface area contributed by atoms with Gasteiger partial charge in [-0.25, -0.2) is 4.98 Å². The number of carboxylic acid groups (broad SMARTS) is 1. The van der Waals surface area contributed by atoms with Crippen LogP contribution in [-0.4, -0.2) is 27.7 Å². The Morgan fingerprint density at radius 2 is 2.13 bits per heavy atom. The molecule has 30 heavy (non-hydrogen) atoms. The highest BCUT2D eigenvalue weighted by molar-refractivity contribution is 7.99. The molecule has 1 N–H and O–H groups in total. The minimum Gasteiger partial charge on any atom is -0.481 e. The summed E-state index contributed by atoms with van der Waals surface area (Å²) in [6, 6.07) is 9.80. The minimum absolute atomic E-state index is 0.0317. The van der Waals surface area contributed by atoms with Crippen LogP contribution >= 0.6 is 23.4 Å². The Morgan fingerprint density at radius 3 is 2.80 bits per heavy atom. The number of aromatic nitrogens is 2. The molecule has 0 spiro atoms. The van der Waals surface area contributed by atoms with Gasteiger partial charge in [0.2, 0.25) is 0 Å². The van der Waals surface area contributed by atoms with E-state index in [2.05, 4.69) is 11.5 Å². The number of methoxy groups -OCH3 is 1. The highest BCUT2D eigenvalue weighted by Crippen LogP contribution is 2.47. The molecule has 158 valence electrons. The van der Waals surface area contributed by atoms with Gasteiger partial charge in [0.15, 0.2) is 0 Å². The van der Waals surface area contributed by atoms with Crippen LogP contribution in [-0.2, 0) is 16.1 Å². The summed E-state index contributed by atoms with van der Waals surface area (Å²) in [5, 5.41) is 11.3. The number of hydrogen-bond donors (Lipinski definition) is 1. The Bertz CT molecular complexity index is 1060. The molecular formula is C23H25ClN2O3S. The molecule has 0 radical (unpaired) electrons. The molecule has 4 rings (SSSR count). The van der Waals surface area contributed by atoms with Crippen molar-refractivity contribution in [2.45, 2.75) is 61.0 Å². The van der Waals surface area contributed by atoms with Crippen molar-refractivity contribution in [3.63, 3.8) is 0 Å². The van der Waals surface area contributed by atoms with Crippen LogP contribution in [0.3, 0.4) is 0 Å². The van der Waals surface area contributed by atoms with Gasteiger partial charge < -0.3 is 14.4 Å². The Kier molecular flexibility index (Phi) is 6.37. The van der Waals surface area contributed by atoms with Crippen molar-refractivity contribution in [1.29, 1.82) is 0 Å². The van der Waals surface area contributed by atoms with Crippen LogP contribution < -0.4 is 0 Å². The Labute approximate surface area is 185 Å². The summed E-state index contributed by atoms with van der Waals surface area (Å²) in [7, 11) is 1.73. The lowest BCUT2D eigenvalue weighted by atomic mass is 9.92. The van der Waals surface area contributed by atoms with Crippen molar-refractivity contribution in [2.75, 3.05) is 7.11 Å². The number of carboxylic acids is 1. The van der Waals surface area contributed by atoms with Crippen LogP contribution in [0.5, 0.6) is 0 Å². The number of fused-ring (bicyclic) bond motifs is 3. The van der Waals surface area contributed by atoms with Crippen molar-refractivity contribution < 1.29 is 14.6 Å². The van der Waals surface area contributed by atoms with Crippen molar-refractivity contribution in [1.82, 2.24) is 9.55 Å². The molecule has 0 amide bonds. The van der Waals surface area contributed by atoms with E-state index in [1.165, 1.54) is 0 Å². The van der Waals surface area contributed by atoms with Gasteiger partial charge in [0.05, 0.1) is 12.5 Å². The molecule has 5 nitrogen and oxygen atoms in total. The molecule has 7 heteroatoms. The molecule has 0 bridgehead atoms. The van der Waals surface area contributed by atoms with Crippen LogP contribution in [0.2, 0.25) is 5.02 Å². The summed E-state index contributed by atoms with van der Waals surface area (Å²) >= 11 is 7.75. The molecule has 0 fully saturated rings. The van der Waals surface area contributed by atoms with E-state index in [0.717, 1.165) is 57.9 Å². The van der Waals surface area contributed by atoms with Gasteiger partial charge in [-0.15, -0.1) is 0 Å². The van der Waals surface area contributed by atoms with Gasteiger partial charge in [-0.3, -0.25) is 4.79 Å². The maximum atomic E-state index is 11.6. The van der Waals surface area contributed by atoms with Gasteiger partial charge in [0.25, 0.3) is 0 Å². The van der Waals surface area contributed by atoms with Gasteiger partial charge in [-0.1, -0.05) is 30.3 Å². The number of rotatable bonds is 7. The standard InChI is InChI=1S/C23H25ClN2O3S/c1-3-18(29-2)17-10-11-25-23-20(17)22(30-16-8-6-15(24)7-9-16)21-14(13-19(27)28)5-4-12-26(21)23/h6-11,14,18H,3-5,12-13H2,1-2H3,(H,27,28). The zero-order chi connectivity index (χ0) is 21.3.